The topological polar surface area (TPSA) is 271 Å². The average Bonchev–Trinajstić information content (AvgIpc) is 2.62. The number of carboxylic acid groups (broad SMARTS) is 2. The molecule has 0 rings (SSSR count). The Morgan fingerprint density at radius 1 is 0.724 bits per heavy atom. The number of primary amides is 1. The number of carbonyl (C=O) groups excluding carboxylic acids is 4. The number of nitrogens with one attached hydrogen (secondary N) is 3. The molecule has 0 radical (unpaired) electrons. The molecule has 0 aromatic rings. The molecule has 0 aliphatic heterocycles. The summed E-state index contributed by atoms with van der Waals surface area (Å²) in [5.74, 6) is -7.68. The third-order valence-corrected chi connectivity index (χ3v) is 3.38. The van der Waals surface area contributed by atoms with Crippen LogP contribution in [0.3, 0.4) is 0 Å². The summed E-state index contributed by atoms with van der Waals surface area (Å²) >= 11 is 0. The Morgan fingerprint density at radius 2 is 1.21 bits per heavy atom. The van der Waals surface area contributed by atoms with E-state index < -0.39 is 85.8 Å². The average molecular weight is 421 g/mol. The number of amides is 4. The fourth-order valence-corrected chi connectivity index (χ4v) is 1.89. The second-order valence-corrected chi connectivity index (χ2v) is 5.76. The predicted octanol–water partition coefficient (Wildman–Crippen LogP) is -5.81. The maximum Gasteiger partial charge on any atom is 0.326 e. The van der Waals surface area contributed by atoms with Gasteiger partial charge in [-0.3, -0.25) is 24.0 Å². The Balaban J connectivity index is 5.29. The van der Waals surface area contributed by atoms with E-state index in [1.807, 2.05) is 16.0 Å². The molecule has 0 heterocycles. The Labute approximate surface area is 163 Å². The Hall–Kier alpha value is -3.30. The van der Waals surface area contributed by atoms with Crippen molar-refractivity contribution in [1.29, 1.82) is 0 Å². The summed E-state index contributed by atoms with van der Waals surface area (Å²) < 4.78 is 0. The van der Waals surface area contributed by atoms with Gasteiger partial charge in [-0.2, -0.15) is 0 Å². The number of nitrogens with two attached hydrogens (primary N) is 2. The van der Waals surface area contributed by atoms with Gasteiger partial charge in [-0.25, -0.2) is 4.79 Å². The maximum atomic E-state index is 12.2. The largest absolute Gasteiger partial charge is 0.481 e. The fourth-order valence-electron chi connectivity index (χ4n) is 1.89. The second kappa shape index (κ2) is 12.2. The molecular weight excluding hydrogens is 398 g/mol. The van der Waals surface area contributed by atoms with Gasteiger partial charge in [0.2, 0.25) is 23.6 Å². The lowest BCUT2D eigenvalue weighted by molar-refractivity contribution is -0.145. The summed E-state index contributed by atoms with van der Waals surface area (Å²) in [5.41, 5.74) is 10.1. The molecule has 0 spiro atoms. The molecule has 15 heteroatoms. The van der Waals surface area contributed by atoms with E-state index in [0.717, 1.165) is 0 Å². The van der Waals surface area contributed by atoms with Crippen LogP contribution in [0.2, 0.25) is 0 Å². The first-order valence-electron chi connectivity index (χ1n) is 8.04. The third-order valence-electron chi connectivity index (χ3n) is 3.38. The number of carbonyl (C=O) groups is 6. The van der Waals surface area contributed by atoms with Crippen molar-refractivity contribution in [2.75, 3.05) is 13.2 Å². The van der Waals surface area contributed by atoms with Gasteiger partial charge in [0.1, 0.15) is 24.2 Å². The van der Waals surface area contributed by atoms with Crippen molar-refractivity contribution in [3.8, 4) is 0 Å². The second-order valence-electron chi connectivity index (χ2n) is 5.76. The lowest BCUT2D eigenvalue weighted by Crippen LogP contribution is -2.58. The highest BCUT2D eigenvalue weighted by molar-refractivity contribution is 5.96. The van der Waals surface area contributed by atoms with Gasteiger partial charge in [0.25, 0.3) is 0 Å². The molecule has 29 heavy (non-hydrogen) atoms. The molecular formula is C14H23N5O10. The quantitative estimate of drug-likeness (QED) is 0.135. The van der Waals surface area contributed by atoms with Crippen molar-refractivity contribution in [1.82, 2.24) is 16.0 Å². The van der Waals surface area contributed by atoms with Gasteiger partial charge < -0.3 is 47.8 Å². The smallest absolute Gasteiger partial charge is 0.326 e. The van der Waals surface area contributed by atoms with Gasteiger partial charge in [-0.1, -0.05) is 0 Å². The van der Waals surface area contributed by atoms with Crippen molar-refractivity contribution >= 4 is 35.6 Å². The molecule has 0 saturated heterocycles. The van der Waals surface area contributed by atoms with Crippen LogP contribution in [0.5, 0.6) is 0 Å². The normalized spacial score (nSPS) is 14.6. The van der Waals surface area contributed by atoms with E-state index in [2.05, 4.69) is 0 Å². The SMILES string of the molecule is NC(=O)CC(NC(=O)C(CC(=O)O)NC(=O)C(CO)NC(=O)C(N)CO)C(=O)O. The summed E-state index contributed by atoms with van der Waals surface area (Å²) in [6.07, 6.45) is -1.77. The van der Waals surface area contributed by atoms with Crippen LogP contribution in [-0.4, -0.2) is 93.4 Å². The van der Waals surface area contributed by atoms with Crippen LogP contribution in [0, 0.1) is 0 Å². The van der Waals surface area contributed by atoms with Crippen LogP contribution in [0.15, 0.2) is 0 Å². The first-order chi connectivity index (χ1) is 13.4. The summed E-state index contributed by atoms with van der Waals surface area (Å²) in [5, 5.41) is 41.7. The van der Waals surface area contributed by atoms with Crippen LogP contribution in [0.25, 0.3) is 0 Å². The van der Waals surface area contributed by atoms with Crippen LogP contribution in [0.4, 0.5) is 0 Å². The van der Waals surface area contributed by atoms with E-state index in [1.165, 1.54) is 0 Å². The van der Waals surface area contributed by atoms with Gasteiger partial charge in [-0.05, 0) is 0 Å². The van der Waals surface area contributed by atoms with Crippen molar-refractivity contribution in [3.05, 3.63) is 0 Å². The standard InChI is InChI=1S/C14H23N5O10/c15-5(3-20)11(25)19-8(4-21)13(27)17-6(2-10(23)24)12(26)18-7(14(28)29)1-9(16)22/h5-8,20-21H,1-4,15H2,(H2,16,22)(H,17,27)(H,18,26)(H,19,25)(H,23,24)(H,28,29). The van der Waals surface area contributed by atoms with Gasteiger partial charge in [0, 0.05) is 0 Å². The third kappa shape index (κ3) is 9.45. The minimum Gasteiger partial charge on any atom is -0.481 e. The number of carboxylic acids is 2. The molecule has 4 unspecified atom stereocenters. The first-order valence-corrected chi connectivity index (χ1v) is 8.04. The Bertz CT molecular complexity index is 655. The number of aliphatic hydroxyl groups is 2. The van der Waals surface area contributed by atoms with E-state index in [1.54, 1.807) is 0 Å². The zero-order valence-corrected chi connectivity index (χ0v) is 15.0. The van der Waals surface area contributed by atoms with Gasteiger partial charge >= 0.3 is 11.9 Å². The predicted molar refractivity (Wildman–Crippen MR) is 91.6 cm³/mol. The minimum absolute atomic E-state index is 0.758. The van der Waals surface area contributed by atoms with Gasteiger partial charge in [0.15, 0.2) is 0 Å². The molecule has 0 fully saturated rings. The fraction of sp³-hybridized carbons (Fsp3) is 0.571. The number of hydrogen-bond acceptors (Lipinski definition) is 9. The van der Waals surface area contributed by atoms with Gasteiger partial charge in [0.05, 0.1) is 26.1 Å². The van der Waals surface area contributed by atoms with Crippen LogP contribution >= 0.6 is 0 Å². The van der Waals surface area contributed by atoms with E-state index in [0.29, 0.717) is 0 Å². The lowest BCUT2D eigenvalue weighted by Gasteiger charge is -2.23. The molecule has 0 aromatic heterocycles. The molecule has 164 valence electrons. The maximum absolute atomic E-state index is 12.2. The summed E-state index contributed by atoms with van der Waals surface area (Å²) in [4.78, 5) is 68.9. The zero-order chi connectivity index (χ0) is 22.7. The van der Waals surface area contributed by atoms with Crippen LogP contribution in [0.1, 0.15) is 12.8 Å². The van der Waals surface area contributed by atoms with Crippen molar-refractivity contribution in [2.45, 2.75) is 37.0 Å². The van der Waals surface area contributed by atoms with Crippen LogP contribution < -0.4 is 27.4 Å². The minimum atomic E-state index is -1.81. The molecule has 0 aliphatic carbocycles. The van der Waals surface area contributed by atoms with E-state index in [9.17, 15) is 33.9 Å². The Kier molecular flexibility index (Phi) is 10.8. The summed E-state index contributed by atoms with van der Waals surface area (Å²) in [6.45, 7) is -1.72. The highest BCUT2D eigenvalue weighted by atomic mass is 16.4. The number of rotatable bonds is 13. The van der Waals surface area contributed by atoms with E-state index >= 15 is 0 Å². The molecule has 0 saturated carbocycles. The van der Waals surface area contributed by atoms with E-state index in [4.69, 9.17) is 26.8 Å². The first kappa shape index (κ1) is 25.7. The van der Waals surface area contributed by atoms with Crippen molar-refractivity contribution in [2.24, 2.45) is 11.5 Å². The van der Waals surface area contributed by atoms with Crippen molar-refractivity contribution in [3.63, 3.8) is 0 Å². The van der Waals surface area contributed by atoms with Crippen molar-refractivity contribution < 1.29 is 49.2 Å². The molecule has 15 nitrogen and oxygen atoms in total. The van der Waals surface area contributed by atoms with Gasteiger partial charge in [-0.15, -0.1) is 0 Å². The van der Waals surface area contributed by atoms with E-state index in [-0.39, 0.29) is 0 Å². The Morgan fingerprint density at radius 3 is 1.62 bits per heavy atom. The molecule has 0 aromatic carbocycles. The van der Waals surface area contributed by atoms with Crippen LogP contribution in [-0.2, 0) is 28.8 Å². The zero-order valence-electron chi connectivity index (χ0n) is 15.0. The summed E-state index contributed by atoms with van der Waals surface area (Å²) in [6, 6.07) is -6.64. The highest BCUT2D eigenvalue weighted by Crippen LogP contribution is 1.99. The highest BCUT2D eigenvalue weighted by Gasteiger charge is 2.31. The number of aliphatic hydroxyl groups excluding tert-OH is 2. The number of aliphatic carboxylic acids is 2. The monoisotopic (exact) mass is 421 g/mol. The molecule has 0 aliphatic rings. The molecule has 0 bridgehead atoms. The molecule has 4 amide bonds. The molecule has 11 N–H and O–H groups in total. The lowest BCUT2D eigenvalue weighted by atomic mass is 10.1. The number of hydrogen-bond donors (Lipinski definition) is 9. The summed E-state index contributed by atoms with van der Waals surface area (Å²) in [7, 11) is 0. The molecule has 4 atom stereocenters.